The van der Waals surface area contributed by atoms with Crippen molar-refractivity contribution in [1.82, 2.24) is 14.4 Å². The van der Waals surface area contributed by atoms with Crippen LogP contribution in [0.4, 0.5) is 10.6 Å². The van der Waals surface area contributed by atoms with Crippen LogP contribution in [0, 0.1) is 0 Å². The van der Waals surface area contributed by atoms with Gasteiger partial charge in [0.05, 0.1) is 6.20 Å². The minimum absolute atomic E-state index is 0.528. The van der Waals surface area contributed by atoms with Crippen molar-refractivity contribution in [2.24, 2.45) is 0 Å². The van der Waals surface area contributed by atoms with Gasteiger partial charge in [-0.2, -0.15) is 0 Å². The highest BCUT2D eigenvalue weighted by Gasteiger charge is 2.21. The third-order valence-corrected chi connectivity index (χ3v) is 3.70. The molecule has 1 amide bonds. The van der Waals surface area contributed by atoms with Crippen LogP contribution in [0.2, 0.25) is 0 Å². The minimum Gasteiger partial charge on any atom is -0.444 e. The van der Waals surface area contributed by atoms with Crippen molar-refractivity contribution in [3.8, 4) is 11.3 Å². The predicted molar refractivity (Wildman–Crippen MR) is 96.0 cm³/mol. The van der Waals surface area contributed by atoms with E-state index in [-0.39, 0.29) is 0 Å². The molecule has 0 saturated carbocycles. The first-order chi connectivity index (χ1) is 11.3. The summed E-state index contributed by atoms with van der Waals surface area (Å²) in [5.74, 6) is 0.545. The SMILES string of the molecule is CC(C)(C)OC(=O)Nc1c(-c2ccc(Br)cc2)nc2cnccn12. The lowest BCUT2D eigenvalue weighted by atomic mass is 10.1. The van der Waals surface area contributed by atoms with Crippen molar-refractivity contribution in [1.29, 1.82) is 0 Å². The molecule has 6 nitrogen and oxygen atoms in total. The highest BCUT2D eigenvalue weighted by Crippen LogP contribution is 2.29. The smallest absolute Gasteiger partial charge is 0.413 e. The predicted octanol–water partition coefficient (Wildman–Crippen LogP) is 4.51. The van der Waals surface area contributed by atoms with E-state index in [1.807, 2.05) is 45.0 Å². The molecule has 0 spiro atoms. The Kier molecular flexibility index (Phi) is 4.28. The Morgan fingerprint density at radius 3 is 2.62 bits per heavy atom. The summed E-state index contributed by atoms with van der Waals surface area (Å²) in [4.78, 5) is 20.9. The molecule has 24 heavy (non-hydrogen) atoms. The zero-order valence-electron chi connectivity index (χ0n) is 13.6. The maximum Gasteiger partial charge on any atom is 0.413 e. The molecule has 3 aromatic rings. The van der Waals surface area contributed by atoms with E-state index in [9.17, 15) is 4.79 Å². The van der Waals surface area contributed by atoms with E-state index in [0.717, 1.165) is 10.0 Å². The maximum absolute atomic E-state index is 12.2. The molecule has 0 bridgehead atoms. The molecule has 0 aliphatic carbocycles. The number of imidazole rings is 1. The number of fused-ring (bicyclic) bond motifs is 1. The normalized spacial score (nSPS) is 11.5. The number of halogens is 1. The van der Waals surface area contributed by atoms with Gasteiger partial charge in [0.25, 0.3) is 0 Å². The maximum atomic E-state index is 12.2. The number of carbonyl (C=O) groups excluding carboxylic acids is 1. The van der Waals surface area contributed by atoms with Crippen LogP contribution in [0.5, 0.6) is 0 Å². The monoisotopic (exact) mass is 388 g/mol. The number of nitrogens with one attached hydrogen (secondary N) is 1. The molecule has 0 saturated heterocycles. The van der Waals surface area contributed by atoms with Crippen molar-refractivity contribution in [3.05, 3.63) is 47.3 Å². The molecule has 1 aromatic carbocycles. The number of aromatic nitrogens is 3. The largest absolute Gasteiger partial charge is 0.444 e. The molecule has 2 heterocycles. The van der Waals surface area contributed by atoms with Crippen LogP contribution in [-0.4, -0.2) is 26.1 Å². The minimum atomic E-state index is -0.579. The van der Waals surface area contributed by atoms with E-state index in [1.54, 1.807) is 23.0 Å². The first-order valence-electron chi connectivity index (χ1n) is 7.41. The van der Waals surface area contributed by atoms with Gasteiger partial charge in [0.2, 0.25) is 0 Å². The van der Waals surface area contributed by atoms with E-state index in [0.29, 0.717) is 17.2 Å². The number of nitrogens with zero attached hydrogens (tertiary/aromatic N) is 3. The summed E-state index contributed by atoms with van der Waals surface area (Å²) in [6, 6.07) is 7.71. The Labute approximate surface area is 148 Å². The van der Waals surface area contributed by atoms with Gasteiger partial charge in [-0.05, 0) is 32.9 Å². The lowest BCUT2D eigenvalue weighted by Crippen LogP contribution is -2.27. The van der Waals surface area contributed by atoms with Crippen LogP contribution < -0.4 is 5.32 Å². The molecule has 0 aliphatic rings. The summed E-state index contributed by atoms with van der Waals surface area (Å²) in [6.45, 7) is 5.46. The molecule has 0 fully saturated rings. The van der Waals surface area contributed by atoms with Crippen LogP contribution in [0.3, 0.4) is 0 Å². The Morgan fingerprint density at radius 1 is 1.25 bits per heavy atom. The topological polar surface area (TPSA) is 68.5 Å². The van der Waals surface area contributed by atoms with E-state index in [1.165, 1.54) is 0 Å². The first kappa shape index (κ1) is 16.4. The lowest BCUT2D eigenvalue weighted by molar-refractivity contribution is 0.0635. The molecule has 0 atom stereocenters. The number of ether oxygens (including phenoxy) is 1. The standard InChI is InChI=1S/C17H17BrN4O2/c1-17(2,3)24-16(23)21-15-14(11-4-6-12(18)7-5-11)20-13-10-19-8-9-22(13)15/h4-10H,1-3H3,(H,21,23). The Bertz CT molecular complexity index is 882. The number of benzene rings is 1. The van der Waals surface area contributed by atoms with Gasteiger partial charge in [-0.25, -0.2) is 9.78 Å². The molecule has 0 radical (unpaired) electrons. The summed E-state index contributed by atoms with van der Waals surface area (Å²) in [5, 5.41) is 2.80. The van der Waals surface area contributed by atoms with Gasteiger partial charge >= 0.3 is 6.09 Å². The van der Waals surface area contributed by atoms with E-state index in [4.69, 9.17) is 4.74 Å². The fourth-order valence-electron chi connectivity index (χ4n) is 2.24. The second kappa shape index (κ2) is 6.24. The number of rotatable bonds is 2. The lowest BCUT2D eigenvalue weighted by Gasteiger charge is -2.19. The molecule has 1 N–H and O–H groups in total. The van der Waals surface area contributed by atoms with Crippen LogP contribution in [0.1, 0.15) is 20.8 Å². The van der Waals surface area contributed by atoms with Crippen LogP contribution in [0.25, 0.3) is 16.9 Å². The summed E-state index contributed by atoms with van der Waals surface area (Å²) in [6.07, 6.45) is 4.50. The average Bonchev–Trinajstić information content (AvgIpc) is 2.85. The molecule has 7 heteroatoms. The molecule has 2 aromatic heterocycles. The number of amides is 1. The Hall–Kier alpha value is -2.41. The summed E-state index contributed by atoms with van der Waals surface area (Å²) < 4.78 is 8.10. The quantitative estimate of drug-likeness (QED) is 0.701. The highest BCUT2D eigenvalue weighted by molar-refractivity contribution is 9.10. The van der Waals surface area contributed by atoms with Gasteiger partial charge in [0, 0.05) is 22.4 Å². The van der Waals surface area contributed by atoms with Gasteiger partial charge in [0.1, 0.15) is 17.1 Å². The molecule has 124 valence electrons. The number of hydrogen-bond donors (Lipinski definition) is 1. The Morgan fingerprint density at radius 2 is 1.96 bits per heavy atom. The van der Waals surface area contributed by atoms with Crippen molar-refractivity contribution in [3.63, 3.8) is 0 Å². The van der Waals surface area contributed by atoms with Gasteiger partial charge in [-0.1, -0.05) is 28.1 Å². The van der Waals surface area contributed by atoms with Crippen molar-refractivity contribution < 1.29 is 9.53 Å². The number of anilines is 1. The van der Waals surface area contributed by atoms with Gasteiger partial charge < -0.3 is 4.74 Å². The van der Waals surface area contributed by atoms with Crippen LogP contribution in [-0.2, 0) is 4.74 Å². The summed E-state index contributed by atoms with van der Waals surface area (Å²) in [7, 11) is 0. The van der Waals surface area contributed by atoms with Gasteiger partial charge in [-0.15, -0.1) is 0 Å². The fourth-order valence-corrected chi connectivity index (χ4v) is 2.50. The Balaban J connectivity index is 2.05. The van der Waals surface area contributed by atoms with Crippen LogP contribution >= 0.6 is 15.9 Å². The third-order valence-electron chi connectivity index (χ3n) is 3.17. The molecule has 0 unspecified atom stereocenters. The van der Waals surface area contributed by atoms with Crippen LogP contribution in [0.15, 0.2) is 47.3 Å². The summed E-state index contributed by atoms with van der Waals surface area (Å²) in [5.41, 5.74) is 1.60. The third kappa shape index (κ3) is 3.56. The average molecular weight is 389 g/mol. The molecule has 0 aliphatic heterocycles. The first-order valence-corrected chi connectivity index (χ1v) is 8.21. The van der Waals surface area contributed by atoms with Gasteiger partial charge in [0.15, 0.2) is 5.65 Å². The highest BCUT2D eigenvalue weighted by atomic mass is 79.9. The zero-order chi connectivity index (χ0) is 17.3. The van der Waals surface area contributed by atoms with Gasteiger partial charge in [-0.3, -0.25) is 14.7 Å². The molecule has 3 rings (SSSR count). The zero-order valence-corrected chi connectivity index (χ0v) is 15.2. The second-order valence-corrected chi connectivity index (χ2v) is 7.16. The van der Waals surface area contributed by atoms with Crippen molar-refractivity contribution in [2.75, 3.05) is 5.32 Å². The summed E-state index contributed by atoms with van der Waals surface area (Å²) >= 11 is 3.42. The van der Waals surface area contributed by atoms with Crippen molar-refractivity contribution in [2.45, 2.75) is 26.4 Å². The van der Waals surface area contributed by atoms with E-state index in [2.05, 4.69) is 31.2 Å². The van der Waals surface area contributed by atoms with E-state index >= 15 is 0 Å². The molecular weight excluding hydrogens is 372 g/mol. The number of carbonyl (C=O) groups is 1. The fraction of sp³-hybridized carbons (Fsp3) is 0.235. The number of hydrogen-bond acceptors (Lipinski definition) is 4. The second-order valence-electron chi connectivity index (χ2n) is 6.25. The van der Waals surface area contributed by atoms with E-state index < -0.39 is 11.7 Å². The van der Waals surface area contributed by atoms with Crippen molar-refractivity contribution >= 4 is 33.5 Å². The molecular formula is C17H17BrN4O2.